The van der Waals surface area contributed by atoms with Gasteiger partial charge in [0.25, 0.3) is 0 Å². The topological polar surface area (TPSA) is 91.7 Å². The van der Waals surface area contributed by atoms with Crippen LogP contribution in [-0.4, -0.2) is 28.4 Å². The number of allylic oxidation sites excluding steroid dienone is 2. The summed E-state index contributed by atoms with van der Waals surface area (Å²) in [6.45, 7) is 2.16. The molecule has 98 valence electrons. The number of carbonyl (C=O) groups excluding carboxylic acids is 1. The zero-order chi connectivity index (χ0) is 13.5. The summed E-state index contributed by atoms with van der Waals surface area (Å²) in [4.78, 5) is 28.9. The number of unbranched alkanes of at least 4 members (excludes halogenated alkanes) is 3. The van der Waals surface area contributed by atoms with E-state index in [4.69, 9.17) is 10.2 Å². The maximum Gasteiger partial charge on any atom is 1.00 e. The second-order valence-electron chi connectivity index (χ2n) is 3.30. The molecule has 6 heteroatoms. The van der Waals surface area contributed by atoms with Gasteiger partial charge in [-0.25, -0.2) is 6.08 Å². The molecule has 0 aromatic rings. The monoisotopic (exact) mass is 266 g/mol. The summed E-state index contributed by atoms with van der Waals surface area (Å²) in [5.41, 5.74) is 0. The Labute approximate surface area is 130 Å². The fraction of sp³-hybridized carbons (Fsp3) is 0.583. The van der Waals surface area contributed by atoms with Crippen LogP contribution in [0.4, 0.5) is 0 Å². The molecule has 0 aliphatic heterocycles. The first-order chi connectivity index (χ1) is 8.04. The number of carboxylic acid groups (broad SMARTS) is 2. The summed E-state index contributed by atoms with van der Waals surface area (Å²) in [6.07, 6.45) is 9.12. The van der Waals surface area contributed by atoms with Crippen LogP contribution in [0.2, 0.25) is 0 Å². The van der Waals surface area contributed by atoms with E-state index >= 15 is 0 Å². The van der Waals surface area contributed by atoms with Gasteiger partial charge >= 0.3 is 41.5 Å². The third-order valence-corrected chi connectivity index (χ3v) is 1.71. The van der Waals surface area contributed by atoms with E-state index in [-0.39, 0.29) is 42.4 Å². The van der Waals surface area contributed by atoms with Crippen LogP contribution < -0.4 is 29.6 Å². The Kier molecular flexibility index (Phi) is 23.4. The van der Waals surface area contributed by atoms with Crippen molar-refractivity contribution in [3.8, 4) is 0 Å². The molecule has 0 amide bonds. The van der Waals surface area contributed by atoms with Crippen molar-refractivity contribution in [1.29, 1.82) is 0 Å². The van der Waals surface area contributed by atoms with Gasteiger partial charge < -0.3 is 15.0 Å². The fourth-order valence-electron chi connectivity index (χ4n) is 0.858. The Morgan fingerprint density at radius 3 is 1.94 bits per heavy atom. The average Bonchev–Trinajstić information content (AvgIpc) is 2.27. The van der Waals surface area contributed by atoms with E-state index in [2.05, 4.69) is 6.92 Å². The van der Waals surface area contributed by atoms with Crippen molar-refractivity contribution in [3.63, 3.8) is 0 Å². The molecule has 0 saturated heterocycles. The molecule has 0 aliphatic carbocycles. The normalized spacial score (nSPS) is 8.94. The second kappa shape index (κ2) is 18.7. The largest absolute Gasteiger partial charge is 1.00 e. The molecule has 0 fully saturated rings. The summed E-state index contributed by atoms with van der Waals surface area (Å²) in [5.74, 6) is -2.15. The van der Waals surface area contributed by atoms with Crippen LogP contribution in [0, 0.1) is 0 Å². The van der Waals surface area contributed by atoms with Crippen molar-refractivity contribution in [2.75, 3.05) is 0 Å². The summed E-state index contributed by atoms with van der Waals surface area (Å²) >= 11 is 0. The van der Waals surface area contributed by atoms with Gasteiger partial charge in [0.15, 0.2) is 0 Å². The molecule has 0 aromatic heterocycles. The van der Waals surface area contributed by atoms with Crippen LogP contribution in [0.25, 0.3) is 0 Å². The van der Waals surface area contributed by atoms with Crippen molar-refractivity contribution in [2.45, 2.75) is 45.4 Å². The van der Waals surface area contributed by atoms with Gasteiger partial charge in [-0.05, 0) is 6.29 Å². The molecule has 0 radical (unpaired) electrons. The van der Waals surface area contributed by atoms with E-state index in [0.717, 1.165) is 6.42 Å². The molecule has 0 saturated carbocycles. The molecule has 0 spiro atoms. The van der Waals surface area contributed by atoms with Crippen LogP contribution >= 0.6 is 0 Å². The van der Waals surface area contributed by atoms with E-state index in [9.17, 15) is 14.4 Å². The van der Waals surface area contributed by atoms with E-state index in [0.29, 0.717) is 0 Å². The van der Waals surface area contributed by atoms with Crippen molar-refractivity contribution < 1.29 is 54.2 Å². The molecule has 0 heterocycles. The van der Waals surface area contributed by atoms with Crippen molar-refractivity contribution in [3.05, 3.63) is 12.2 Å². The molecule has 0 bridgehead atoms. The molecule has 0 aliphatic rings. The van der Waals surface area contributed by atoms with Gasteiger partial charge in [-0.2, -0.15) is 6.08 Å². The molecule has 0 atom stereocenters. The number of aliphatic carboxylic acids is 2. The van der Waals surface area contributed by atoms with Crippen molar-refractivity contribution in [1.82, 2.24) is 0 Å². The van der Waals surface area contributed by atoms with Crippen LogP contribution in [-0.2, 0) is 14.4 Å². The molecule has 0 aromatic carbocycles. The van der Waals surface area contributed by atoms with Crippen LogP contribution in [0.5, 0.6) is 0 Å². The smallest absolute Gasteiger partial charge is 0.481 e. The van der Waals surface area contributed by atoms with E-state index < -0.39 is 11.9 Å². The molecule has 0 rings (SSSR count). The SMILES string of the molecule is CCCCCC=C[C-]=O.O=C(O)CCC(=O)O.[Na+]. The number of rotatable bonds is 8. The minimum Gasteiger partial charge on any atom is -0.481 e. The Hall–Kier alpha value is -0.650. The summed E-state index contributed by atoms with van der Waals surface area (Å²) in [5, 5.41) is 15.8. The summed E-state index contributed by atoms with van der Waals surface area (Å²) < 4.78 is 0. The Bertz CT molecular complexity index is 237. The maximum atomic E-state index is 9.64. The van der Waals surface area contributed by atoms with Gasteiger partial charge in [-0.15, -0.1) is 6.42 Å². The second-order valence-corrected chi connectivity index (χ2v) is 3.30. The van der Waals surface area contributed by atoms with E-state index in [1.54, 1.807) is 6.29 Å². The van der Waals surface area contributed by atoms with Crippen LogP contribution in [0.1, 0.15) is 45.4 Å². The van der Waals surface area contributed by atoms with E-state index in [1.165, 1.54) is 25.3 Å². The van der Waals surface area contributed by atoms with Gasteiger partial charge in [-0.3, -0.25) is 9.59 Å². The average molecular weight is 266 g/mol. The Morgan fingerprint density at radius 2 is 1.61 bits per heavy atom. The summed E-state index contributed by atoms with van der Waals surface area (Å²) in [6, 6.07) is 0. The molecular formula is C12H19NaO5. The molecular weight excluding hydrogens is 247 g/mol. The predicted octanol–water partition coefficient (Wildman–Crippen LogP) is -0.828. The summed E-state index contributed by atoms with van der Waals surface area (Å²) in [7, 11) is 0. The first-order valence-electron chi connectivity index (χ1n) is 5.50. The van der Waals surface area contributed by atoms with Crippen LogP contribution in [0.3, 0.4) is 0 Å². The Morgan fingerprint density at radius 1 is 1.11 bits per heavy atom. The van der Waals surface area contributed by atoms with Crippen molar-refractivity contribution in [2.24, 2.45) is 0 Å². The number of hydrogen-bond donors (Lipinski definition) is 2. The van der Waals surface area contributed by atoms with Gasteiger partial charge in [0.05, 0.1) is 12.8 Å². The van der Waals surface area contributed by atoms with Crippen LogP contribution in [0.15, 0.2) is 12.2 Å². The predicted molar refractivity (Wildman–Crippen MR) is 63.5 cm³/mol. The number of carboxylic acids is 2. The maximum absolute atomic E-state index is 9.64. The standard InChI is InChI=1S/C8H13O.C4H6O4.Na/c1-2-3-4-5-6-7-8-9;5-3(6)1-2-4(7)8;/h6-7H,2-5H2,1H3;1-2H2,(H,5,6)(H,7,8);/q-1;;+1. The third kappa shape index (κ3) is 29.5. The van der Waals surface area contributed by atoms with Gasteiger partial charge in [-0.1, -0.05) is 26.2 Å². The zero-order valence-corrected chi connectivity index (χ0v) is 13.0. The fourth-order valence-corrected chi connectivity index (χ4v) is 0.858. The van der Waals surface area contributed by atoms with Gasteiger partial charge in [0, 0.05) is 0 Å². The van der Waals surface area contributed by atoms with E-state index in [1.807, 2.05) is 6.08 Å². The number of hydrogen-bond acceptors (Lipinski definition) is 3. The number of carbonyl (C=O) groups is 2. The quantitative estimate of drug-likeness (QED) is 0.259. The minimum atomic E-state index is -1.08. The first-order valence-corrected chi connectivity index (χ1v) is 5.50. The molecule has 0 unspecified atom stereocenters. The molecule has 5 nitrogen and oxygen atoms in total. The van der Waals surface area contributed by atoms with Gasteiger partial charge in [0.1, 0.15) is 0 Å². The van der Waals surface area contributed by atoms with Crippen molar-refractivity contribution >= 4 is 18.2 Å². The first kappa shape index (κ1) is 22.5. The minimum absolute atomic E-state index is 0. The Balaban J connectivity index is -0.000000238. The third-order valence-electron chi connectivity index (χ3n) is 1.71. The zero-order valence-electron chi connectivity index (χ0n) is 11.0. The molecule has 2 N–H and O–H groups in total. The molecule has 18 heavy (non-hydrogen) atoms. The van der Waals surface area contributed by atoms with Gasteiger partial charge in [0.2, 0.25) is 0 Å².